The number of rotatable bonds is 4. The Morgan fingerprint density at radius 2 is 2.10 bits per heavy atom. The van der Waals surface area contributed by atoms with E-state index in [0.717, 1.165) is 22.0 Å². The highest BCUT2D eigenvalue weighted by Gasteiger charge is 2.12. The fourth-order valence-corrected chi connectivity index (χ4v) is 2.55. The molecule has 0 aliphatic carbocycles. The van der Waals surface area contributed by atoms with Crippen molar-refractivity contribution >= 4 is 23.4 Å². The molecule has 1 amide bonds. The van der Waals surface area contributed by atoms with Crippen LogP contribution in [0.15, 0.2) is 46.2 Å². The third-order valence-corrected chi connectivity index (χ3v) is 3.69. The highest BCUT2D eigenvalue weighted by Crippen LogP contribution is 2.26. The van der Waals surface area contributed by atoms with E-state index in [1.54, 1.807) is 18.7 Å². The predicted molar refractivity (Wildman–Crippen MR) is 82.6 cm³/mol. The number of carbonyl (C=O) groups is 1. The van der Waals surface area contributed by atoms with Crippen LogP contribution in [0.3, 0.4) is 0 Å². The minimum absolute atomic E-state index is 0.118. The van der Waals surface area contributed by atoms with Crippen LogP contribution in [0.4, 0.5) is 5.69 Å². The van der Waals surface area contributed by atoms with Gasteiger partial charge in [0.2, 0.25) is 0 Å². The topological polar surface area (TPSA) is 62.0 Å². The normalized spacial score (nSPS) is 10.3. The van der Waals surface area contributed by atoms with Crippen molar-refractivity contribution in [1.29, 1.82) is 0 Å². The zero-order chi connectivity index (χ0) is 14.5. The molecule has 1 aromatic heterocycles. The van der Waals surface area contributed by atoms with Gasteiger partial charge in [-0.2, -0.15) is 0 Å². The number of aromatic amines is 1. The number of carbonyl (C=O) groups excluding carboxylic acids is 1. The lowest BCUT2D eigenvalue weighted by Gasteiger charge is -2.09. The smallest absolute Gasteiger partial charge is 0.261 e. The monoisotopic (exact) mass is 288 g/mol. The number of hydrogen-bond donors (Lipinski definition) is 2. The molecule has 0 fully saturated rings. The first-order chi connectivity index (χ1) is 9.61. The van der Waals surface area contributed by atoms with Gasteiger partial charge in [-0.05, 0) is 24.8 Å². The van der Waals surface area contributed by atoms with Crippen LogP contribution < -0.4 is 10.7 Å². The van der Waals surface area contributed by atoms with E-state index in [-0.39, 0.29) is 11.0 Å². The highest BCUT2D eigenvalue weighted by molar-refractivity contribution is 7.99. The van der Waals surface area contributed by atoms with Gasteiger partial charge in [-0.3, -0.25) is 9.59 Å². The van der Waals surface area contributed by atoms with Gasteiger partial charge in [-0.25, -0.2) is 0 Å². The fraction of sp³-hybridized carbons (Fsp3) is 0.200. The maximum atomic E-state index is 12.2. The molecular weight excluding hydrogens is 272 g/mol. The number of thioether (sulfide) groups is 1. The minimum Gasteiger partial charge on any atom is -0.364 e. The van der Waals surface area contributed by atoms with Crippen molar-refractivity contribution in [3.05, 3.63) is 58.0 Å². The number of pyridine rings is 1. The molecule has 0 spiro atoms. The molecule has 2 aromatic rings. The summed E-state index contributed by atoms with van der Waals surface area (Å²) in [4.78, 5) is 27.8. The van der Waals surface area contributed by atoms with Crippen molar-refractivity contribution in [2.24, 2.45) is 0 Å². The van der Waals surface area contributed by atoms with E-state index in [9.17, 15) is 9.59 Å². The van der Waals surface area contributed by atoms with Gasteiger partial charge in [0.1, 0.15) is 5.56 Å². The van der Waals surface area contributed by atoms with Crippen LogP contribution in [-0.4, -0.2) is 16.6 Å². The third kappa shape index (κ3) is 3.30. The molecule has 0 atom stereocenters. The van der Waals surface area contributed by atoms with E-state index >= 15 is 0 Å². The SMILES string of the molecule is CCSc1ccccc1NC(=O)c1c[nH]c(C)cc1=O. The summed E-state index contributed by atoms with van der Waals surface area (Å²) in [6.45, 7) is 3.82. The van der Waals surface area contributed by atoms with Gasteiger partial charge in [0.15, 0.2) is 5.43 Å². The van der Waals surface area contributed by atoms with Crippen LogP contribution >= 0.6 is 11.8 Å². The van der Waals surface area contributed by atoms with E-state index in [4.69, 9.17) is 0 Å². The summed E-state index contributed by atoms with van der Waals surface area (Å²) in [6, 6.07) is 8.98. The van der Waals surface area contributed by atoms with E-state index in [2.05, 4.69) is 10.3 Å². The summed E-state index contributed by atoms with van der Waals surface area (Å²) in [6.07, 6.45) is 1.45. The number of nitrogens with one attached hydrogen (secondary N) is 2. The van der Waals surface area contributed by atoms with E-state index in [1.165, 1.54) is 12.3 Å². The van der Waals surface area contributed by atoms with Gasteiger partial charge >= 0.3 is 0 Å². The number of para-hydroxylation sites is 1. The van der Waals surface area contributed by atoms with Crippen LogP contribution in [0.1, 0.15) is 23.0 Å². The van der Waals surface area contributed by atoms with Gasteiger partial charge in [0, 0.05) is 22.9 Å². The molecule has 0 aliphatic rings. The first kappa shape index (κ1) is 14.4. The largest absolute Gasteiger partial charge is 0.364 e. The Kier molecular flexibility index (Phi) is 4.63. The van der Waals surface area contributed by atoms with Crippen LogP contribution in [0.5, 0.6) is 0 Å². The van der Waals surface area contributed by atoms with Crippen LogP contribution in [0.2, 0.25) is 0 Å². The lowest BCUT2D eigenvalue weighted by Crippen LogP contribution is -2.21. The summed E-state index contributed by atoms with van der Waals surface area (Å²) in [5, 5.41) is 2.79. The maximum Gasteiger partial charge on any atom is 0.261 e. The molecule has 0 bridgehead atoms. The summed E-state index contributed by atoms with van der Waals surface area (Å²) in [5.41, 5.74) is 1.30. The summed E-state index contributed by atoms with van der Waals surface area (Å²) in [7, 11) is 0. The molecule has 4 nitrogen and oxygen atoms in total. The Balaban J connectivity index is 2.26. The highest BCUT2D eigenvalue weighted by atomic mass is 32.2. The van der Waals surface area contributed by atoms with Crippen molar-refractivity contribution < 1.29 is 4.79 Å². The van der Waals surface area contributed by atoms with Crippen molar-refractivity contribution in [3.63, 3.8) is 0 Å². The quantitative estimate of drug-likeness (QED) is 0.850. The Labute approximate surface area is 121 Å². The summed E-state index contributed by atoms with van der Waals surface area (Å²) < 4.78 is 0. The fourth-order valence-electron chi connectivity index (χ4n) is 1.79. The Hall–Kier alpha value is -2.01. The Morgan fingerprint density at radius 3 is 2.80 bits per heavy atom. The van der Waals surface area contributed by atoms with E-state index in [0.29, 0.717) is 0 Å². The molecule has 0 saturated carbocycles. The molecule has 20 heavy (non-hydrogen) atoms. The summed E-state index contributed by atoms with van der Waals surface area (Å²) >= 11 is 1.65. The molecule has 5 heteroatoms. The van der Waals surface area contributed by atoms with Gasteiger partial charge < -0.3 is 10.3 Å². The standard InChI is InChI=1S/C15H16N2O2S/c1-3-20-14-7-5-4-6-12(14)17-15(19)11-9-16-10(2)8-13(11)18/h4-9H,3H2,1-2H3,(H,16,18)(H,17,19). The zero-order valence-electron chi connectivity index (χ0n) is 11.4. The first-order valence-electron chi connectivity index (χ1n) is 6.34. The number of anilines is 1. The van der Waals surface area contributed by atoms with Crippen LogP contribution in [0.25, 0.3) is 0 Å². The van der Waals surface area contributed by atoms with Crippen molar-refractivity contribution in [2.45, 2.75) is 18.7 Å². The van der Waals surface area contributed by atoms with Crippen LogP contribution in [-0.2, 0) is 0 Å². The van der Waals surface area contributed by atoms with Gasteiger partial charge in [-0.15, -0.1) is 11.8 Å². The summed E-state index contributed by atoms with van der Waals surface area (Å²) in [5.74, 6) is 0.522. The van der Waals surface area contributed by atoms with Crippen molar-refractivity contribution in [1.82, 2.24) is 4.98 Å². The van der Waals surface area contributed by atoms with E-state index in [1.807, 2.05) is 31.2 Å². The van der Waals surface area contributed by atoms with E-state index < -0.39 is 5.91 Å². The number of aromatic nitrogens is 1. The predicted octanol–water partition coefficient (Wildman–Crippen LogP) is 3.05. The molecule has 1 heterocycles. The number of aryl methyl sites for hydroxylation is 1. The molecule has 0 aliphatic heterocycles. The molecule has 0 radical (unpaired) electrons. The van der Waals surface area contributed by atoms with Crippen LogP contribution in [0, 0.1) is 6.92 Å². The number of benzene rings is 1. The molecule has 104 valence electrons. The Morgan fingerprint density at radius 1 is 1.35 bits per heavy atom. The maximum absolute atomic E-state index is 12.2. The lowest BCUT2D eigenvalue weighted by atomic mass is 10.2. The second-order valence-electron chi connectivity index (χ2n) is 4.28. The average molecular weight is 288 g/mol. The Bertz CT molecular complexity index is 680. The first-order valence-corrected chi connectivity index (χ1v) is 7.33. The number of hydrogen-bond acceptors (Lipinski definition) is 3. The lowest BCUT2D eigenvalue weighted by molar-refractivity contribution is 0.102. The van der Waals surface area contributed by atoms with Gasteiger partial charge in [-0.1, -0.05) is 19.1 Å². The molecule has 1 aromatic carbocycles. The third-order valence-electron chi connectivity index (χ3n) is 2.74. The molecular formula is C15H16N2O2S. The molecule has 2 rings (SSSR count). The van der Waals surface area contributed by atoms with Crippen molar-refractivity contribution in [3.8, 4) is 0 Å². The second kappa shape index (κ2) is 6.43. The average Bonchev–Trinajstić information content (AvgIpc) is 2.41. The van der Waals surface area contributed by atoms with Gasteiger partial charge in [0.05, 0.1) is 5.69 Å². The minimum atomic E-state index is -0.393. The van der Waals surface area contributed by atoms with Crippen molar-refractivity contribution in [2.75, 3.05) is 11.1 Å². The second-order valence-corrected chi connectivity index (χ2v) is 5.58. The molecule has 0 saturated heterocycles. The van der Waals surface area contributed by atoms with Gasteiger partial charge in [0.25, 0.3) is 5.91 Å². The molecule has 0 unspecified atom stereocenters. The number of H-pyrrole nitrogens is 1. The zero-order valence-corrected chi connectivity index (χ0v) is 12.2. The number of amides is 1. The molecule has 2 N–H and O–H groups in total.